The third-order valence-corrected chi connectivity index (χ3v) is 8.52. The summed E-state index contributed by atoms with van der Waals surface area (Å²) in [6.07, 6.45) is 5.47. The Balaban J connectivity index is 1.25. The number of halogens is 1. The van der Waals surface area contributed by atoms with Crippen LogP contribution in [0.15, 0.2) is 36.7 Å². The lowest BCUT2D eigenvalue weighted by Crippen LogP contribution is -2.50. The highest BCUT2D eigenvalue weighted by Gasteiger charge is 2.30. The van der Waals surface area contributed by atoms with Gasteiger partial charge in [0, 0.05) is 61.4 Å². The molecule has 2 amide bonds. The van der Waals surface area contributed by atoms with E-state index in [0.717, 1.165) is 39.9 Å². The highest BCUT2D eigenvalue weighted by Crippen LogP contribution is 2.39. The van der Waals surface area contributed by atoms with Crippen molar-refractivity contribution >= 4 is 28.2 Å². The molecule has 214 valence electrons. The van der Waals surface area contributed by atoms with Crippen molar-refractivity contribution in [3.8, 4) is 17.3 Å². The number of rotatable bonds is 7. The highest BCUT2D eigenvalue weighted by atomic mass is 19.1. The van der Waals surface area contributed by atoms with E-state index >= 15 is 0 Å². The Kier molecular flexibility index (Phi) is 6.41. The summed E-state index contributed by atoms with van der Waals surface area (Å²) in [5.74, 6) is 1.09. The van der Waals surface area contributed by atoms with Crippen LogP contribution < -0.4 is 15.8 Å². The minimum atomic E-state index is -1.11. The Morgan fingerprint density at radius 1 is 1.22 bits per heavy atom. The van der Waals surface area contributed by atoms with Crippen molar-refractivity contribution < 1.29 is 18.7 Å². The fourth-order valence-corrected chi connectivity index (χ4v) is 6.18. The number of alkyl halides is 1. The van der Waals surface area contributed by atoms with Crippen molar-refractivity contribution in [3.63, 3.8) is 0 Å². The van der Waals surface area contributed by atoms with Gasteiger partial charge in [0.2, 0.25) is 11.8 Å². The molecular formula is C30H34FN7O3. The fourth-order valence-electron chi connectivity index (χ4n) is 6.18. The minimum absolute atomic E-state index is 0.0568. The van der Waals surface area contributed by atoms with Gasteiger partial charge >= 0.3 is 0 Å². The second-order valence-corrected chi connectivity index (χ2v) is 11.8. The molecule has 0 spiro atoms. The number of ether oxygens (including phenoxy) is 1. The summed E-state index contributed by atoms with van der Waals surface area (Å²) in [5.41, 5.74) is 11.1. The van der Waals surface area contributed by atoms with Gasteiger partial charge in [-0.15, -0.1) is 0 Å². The standard InChI is InChI=1S/C30H34FN7O3/c1-17-24-5-4-21(30(40)36-14-22(31)10-23(32)15-36)13-38(24)35-27(17)25-9-20-6-7-33-29(28(20)37(25)12-18-2-3-18)41-16-19-8-26(39)34-11-19/h4-7,9,13,18-19,22-23H,2-3,8,10-12,14-16,32H2,1H3,(H,34,39)/t19?,22-,23-/m1/s1. The summed E-state index contributed by atoms with van der Waals surface area (Å²) < 4.78 is 24.4. The van der Waals surface area contributed by atoms with Crippen molar-refractivity contribution in [2.75, 3.05) is 26.2 Å². The normalized spacial score (nSPS) is 23.0. The van der Waals surface area contributed by atoms with Crippen molar-refractivity contribution in [2.24, 2.45) is 17.6 Å². The first-order chi connectivity index (χ1) is 19.8. The number of carbonyl (C=O) groups excluding carboxylic acids is 2. The van der Waals surface area contributed by atoms with Crippen LogP contribution in [0.25, 0.3) is 27.8 Å². The van der Waals surface area contributed by atoms with Crippen LogP contribution in [0.3, 0.4) is 0 Å². The SMILES string of the molecule is Cc1c(-c2cc3ccnc(OCC4CNC(=O)C4)c3n2CC2CC2)nn2cc(C(=O)N3C[C@H](N)C[C@@H](F)C3)ccc12. The monoisotopic (exact) mass is 559 g/mol. The van der Waals surface area contributed by atoms with Gasteiger partial charge in [0.1, 0.15) is 17.4 Å². The lowest BCUT2D eigenvalue weighted by Gasteiger charge is -2.32. The molecule has 3 atom stereocenters. The quantitative estimate of drug-likeness (QED) is 0.359. The van der Waals surface area contributed by atoms with Crippen LogP contribution in [-0.2, 0) is 11.3 Å². The molecule has 1 aliphatic carbocycles. The topological polar surface area (TPSA) is 120 Å². The second-order valence-electron chi connectivity index (χ2n) is 11.8. The molecule has 3 N–H and O–H groups in total. The van der Waals surface area contributed by atoms with Crippen LogP contribution in [-0.4, -0.2) is 74.3 Å². The van der Waals surface area contributed by atoms with Gasteiger partial charge in [-0.05, 0) is 56.4 Å². The zero-order chi connectivity index (χ0) is 28.2. The van der Waals surface area contributed by atoms with Gasteiger partial charge in [0.25, 0.3) is 5.91 Å². The van der Waals surface area contributed by atoms with Gasteiger partial charge < -0.3 is 25.3 Å². The molecule has 0 bridgehead atoms. The van der Waals surface area contributed by atoms with E-state index in [1.54, 1.807) is 23.0 Å². The van der Waals surface area contributed by atoms with Gasteiger partial charge in [-0.25, -0.2) is 13.9 Å². The summed E-state index contributed by atoms with van der Waals surface area (Å²) in [6, 6.07) is 7.43. The molecule has 3 aliphatic rings. The number of amides is 2. The third-order valence-electron chi connectivity index (χ3n) is 8.52. The molecule has 3 fully saturated rings. The Labute approximate surface area is 236 Å². The average molecular weight is 560 g/mol. The number of pyridine rings is 2. The molecule has 7 rings (SSSR count). The van der Waals surface area contributed by atoms with E-state index in [9.17, 15) is 14.0 Å². The van der Waals surface area contributed by atoms with Gasteiger partial charge in [-0.2, -0.15) is 5.10 Å². The predicted octanol–water partition coefficient (Wildman–Crippen LogP) is 3.10. The molecule has 41 heavy (non-hydrogen) atoms. The number of fused-ring (bicyclic) bond motifs is 2. The smallest absolute Gasteiger partial charge is 0.255 e. The molecule has 11 heteroatoms. The molecule has 1 unspecified atom stereocenters. The van der Waals surface area contributed by atoms with E-state index in [4.69, 9.17) is 15.6 Å². The minimum Gasteiger partial charge on any atom is -0.476 e. The van der Waals surface area contributed by atoms with E-state index in [-0.39, 0.29) is 36.7 Å². The van der Waals surface area contributed by atoms with E-state index in [1.807, 2.05) is 19.1 Å². The van der Waals surface area contributed by atoms with Gasteiger partial charge in [-0.3, -0.25) is 9.59 Å². The molecule has 1 saturated carbocycles. The summed E-state index contributed by atoms with van der Waals surface area (Å²) in [6.45, 7) is 4.31. The molecule has 2 aliphatic heterocycles. The van der Waals surface area contributed by atoms with Gasteiger partial charge in [0.15, 0.2) is 0 Å². The summed E-state index contributed by atoms with van der Waals surface area (Å²) in [5, 5.41) is 8.83. The van der Waals surface area contributed by atoms with Gasteiger partial charge in [0.05, 0.1) is 29.9 Å². The Morgan fingerprint density at radius 3 is 2.83 bits per heavy atom. The Bertz CT molecular complexity index is 1650. The number of nitrogens with zero attached hydrogens (tertiary/aromatic N) is 5. The predicted molar refractivity (Wildman–Crippen MR) is 151 cm³/mol. The molecule has 0 aromatic carbocycles. The number of aryl methyl sites for hydroxylation is 1. The van der Waals surface area contributed by atoms with E-state index < -0.39 is 6.17 Å². The number of piperidine rings is 1. The van der Waals surface area contributed by atoms with E-state index in [0.29, 0.717) is 43.5 Å². The first-order valence-corrected chi connectivity index (χ1v) is 14.4. The zero-order valence-electron chi connectivity index (χ0n) is 23.1. The summed E-state index contributed by atoms with van der Waals surface area (Å²) in [4.78, 5) is 31.0. The van der Waals surface area contributed by atoms with Crippen LogP contribution in [0.2, 0.25) is 0 Å². The van der Waals surface area contributed by atoms with E-state index in [1.165, 1.54) is 17.7 Å². The Hall–Kier alpha value is -3.99. The van der Waals surface area contributed by atoms with Crippen LogP contribution in [0.5, 0.6) is 5.88 Å². The number of hydrogen-bond donors (Lipinski definition) is 2. The van der Waals surface area contributed by atoms with E-state index in [2.05, 4.69) is 20.9 Å². The average Bonchev–Trinajstić information content (AvgIpc) is 3.42. The lowest BCUT2D eigenvalue weighted by atomic mass is 10.0. The van der Waals surface area contributed by atoms with Crippen LogP contribution >= 0.6 is 0 Å². The highest BCUT2D eigenvalue weighted by molar-refractivity contribution is 5.95. The largest absolute Gasteiger partial charge is 0.476 e. The zero-order valence-corrected chi connectivity index (χ0v) is 23.1. The lowest BCUT2D eigenvalue weighted by molar-refractivity contribution is -0.119. The molecule has 4 aromatic rings. The molecular weight excluding hydrogens is 525 g/mol. The van der Waals surface area contributed by atoms with Crippen molar-refractivity contribution in [2.45, 2.75) is 51.4 Å². The van der Waals surface area contributed by atoms with Crippen molar-refractivity contribution in [1.82, 2.24) is 29.4 Å². The molecule has 4 aromatic heterocycles. The molecule has 6 heterocycles. The molecule has 0 radical (unpaired) electrons. The maximum atomic E-state index is 14.1. The Morgan fingerprint density at radius 2 is 2.07 bits per heavy atom. The fraction of sp³-hybridized carbons (Fsp3) is 0.467. The number of likely N-dealkylation sites (tertiary alicyclic amines) is 1. The number of aromatic nitrogens is 4. The molecule has 2 saturated heterocycles. The first kappa shape index (κ1) is 25.9. The third kappa shape index (κ3) is 4.92. The number of nitrogens with two attached hydrogens (primary N) is 1. The number of hydrogen-bond acceptors (Lipinski definition) is 6. The van der Waals surface area contributed by atoms with Crippen molar-refractivity contribution in [1.29, 1.82) is 0 Å². The van der Waals surface area contributed by atoms with Crippen LogP contribution in [0, 0.1) is 18.8 Å². The maximum Gasteiger partial charge on any atom is 0.255 e. The van der Waals surface area contributed by atoms with Crippen LogP contribution in [0.1, 0.15) is 41.6 Å². The summed E-state index contributed by atoms with van der Waals surface area (Å²) in [7, 11) is 0. The first-order valence-electron chi connectivity index (χ1n) is 14.4. The summed E-state index contributed by atoms with van der Waals surface area (Å²) >= 11 is 0. The number of carbonyl (C=O) groups is 2. The second kappa shape index (κ2) is 10.1. The molecule has 10 nitrogen and oxygen atoms in total. The number of nitrogens with one attached hydrogen (secondary N) is 1. The van der Waals surface area contributed by atoms with Crippen LogP contribution in [0.4, 0.5) is 4.39 Å². The van der Waals surface area contributed by atoms with Crippen molar-refractivity contribution in [3.05, 3.63) is 47.8 Å². The maximum absolute atomic E-state index is 14.1. The van der Waals surface area contributed by atoms with Gasteiger partial charge in [-0.1, -0.05) is 0 Å².